The molecule has 1 aromatic heterocycles. The molecule has 0 bridgehead atoms. The number of esters is 1. The van der Waals surface area contributed by atoms with E-state index in [4.69, 9.17) is 29.4 Å². The number of pyridine rings is 1. The highest BCUT2D eigenvalue weighted by atomic mass is 19.1. The van der Waals surface area contributed by atoms with Gasteiger partial charge in [0.25, 0.3) is 5.67 Å². The van der Waals surface area contributed by atoms with Gasteiger partial charge < -0.3 is 39.4 Å². The van der Waals surface area contributed by atoms with Crippen LogP contribution in [-0.4, -0.2) is 143 Å². The fraction of sp³-hybridized carbons (Fsp3) is 0.682. The number of ketones is 1. The summed E-state index contributed by atoms with van der Waals surface area (Å²) in [5.41, 5.74) is 2.88. The zero-order valence-corrected chi connectivity index (χ0v) is 36.8. The van der Waals surface area contributed by atoms with E-state index in [0.717, 1.165) is 23.4 Å². The number of likely N-dealkylation sites (N-methyl/N-ethyl adjacent to an activating group) is 1. The van der Waals surface area contributed by atoms with Crippen molar-refractivity contribution in [1.29, 1.82) is 0 Å². The minimum absolute atomic E-state index is 0.0286. The number of nitrogens with two attached hydrogens (primary N) is 1. The second-order valence-corrected chi connectivity index (χ2v) is 17.7. The van der Waals surface area contributed by atoms with Crippen LogP contribution in [0.2, 0.25) is 0 Å². The predicted molar refractivity (Wildman–Crippen MR) is 221 cm³/mol. The topological polar surface area (TPSA) is 166 Å². The Bertz CT molecular complexity index is 1840. The first kappa shape index (κ1) is 46.5. The molecule has 328 valence electrons. The van der Waals surface area contributed by atoms with Crippen molar-refractivity contribution < 1.29 is 47.6 Å². The van der Waals surface area contributed by atoms with Gasteiger partial charge in [-0.05, 0) is 91.1 Å². The third-order valence-corrected chi connectivity index (χ3v) is 13.1. The number of rotatable bonds is 9. The summed E-state index contributed by atoms with van der Waals surface area (Å²) in [5, 5.41) is 15.8. The van der Waals surface area contributed by atoms with Gasteiger partial charge in [0.05, 0.1) is 36.0 Å². The number of alkyl halides is 1. The molecule has 0 aliphatic carbocycles. The average molecular weight is 828 g/mol. The number of ether oxygens (including phenoxy) is 5. The maximum Gasteiger partial charge on any atom is 0.425 e. The highest BCUT2D eigenvalue weighted by Gasteiger charge is 2.62. The second kappa shape index (κ2) is 18.2. The molecule has 0 spiro atoms. The lowest BCUT2D eigenvalue weighted by molar-refractivity contribution is -0.297. The van der Waals surface area contributed by atoms with E-state index in [9.17, 15) is 19.5 Å². The number of aromatic nitrogens is 1. The van der Waals surface area contributed by atoms with Crippen LogP contribution in [0, 0.1) is 17.8 Å². The van der Waals surface area contributed by atoms with Gasteiger partial charge in [0.2, 0.25) is 0 Å². The standard InChI is InChI=1S/C44H66FN5O9/c1-13-49(12)50-36-27(4)34(46)25(2)24-42(7,55-22-16-17-30-20-21-47-32-19-15-14-18-31(30)32)38(58-39-35(51)33(48(10)11)23-26(3)56-39)28(5)37(52)43(8,45)40(53)57-29(6)44(36,9)59-41(50)54/h14-21,25-29,33-36,38-39,51H,13,22-24,46H2,1-12H3/b17-16+/t25-,26-,27-,28+,29+,33+,34?,35-,36-,38-,39+,42+,43?,44-/m1/s1. The van der Waals surface area contributed by atoms with Gasteiger partial charge in [-0.15, -0.1) is 0 Å². The molecular weight excluding hydrogens is 762 g/mol. The number of hydrogen-bond acceptors (Lipinski definition) is 13. The molecule has 14 atom stereocenters. The lowest BCUT2D eigenvalue weighted by Crippen LogP contribution is -2.63. The fourth-order valence-electron chi connectivity index (χ4n) is 9.31. The van der Waals surface area contributed by atoms with Crippen LogP contribution in [0.25, 0.3) is 17.0 Å². The maximum absolute atomic E-state index is 17.0. The van der Waals surface area contributed by atoms with Gasteiger partial charge >= 0.3 is 12.1 Å². The van der Waals surface area contributed by atoms with E-state index in [1.807, 2.05) is 89.2 Å². The zero-order chi connectivity index (χ0) is 43.8. The average Bonchev–Trinajstić information content (AvgIpc) is 3.47. The van der Waals surface area contributed by atoms with Crippen molar-refractivity contribution in [1.82, 2.24) is 19.9 Å². The number of amides is 1. The number of carbonyl (C=O) groups is 3. The van der Waals surface area contributed by atoms with Gasteiger partial charge in [-0.1, -0.05) is 58.0 Å². The lowest BCUT2D eigenvalue weighted by Gasteiger charge is -2.48. The molecule has 3 saturated heterocycles. The molecule has 3 fully saturated rings. The molecule has 15 heteroatoms. The number of fused-ring (bicyclic) bond motifs is 2. The molecule has 2 unspecified atom stereocenters. The van der Waals surface area contributed by atoms with Gasteiger partial charge in [-0.3, -0.25) is 9.78 Å². The Balaban J connectivity index is 1.62. The van der Waals surface area contributed by atoms with Gasteiger partial charge in [-0.25, -0.2) is 24.0 Å². The summed E-state index contributed by atoms with van der Waals surface area (Å²) in [6.45, 7) is 15.4. The number of para-hydroxylation sites is 1. The van der Waals surface area contributed by atoms with Gasteiger partial charge in [0.1, 0.15) is 12.2 Å². The molecule has 3 aliphatic heterocycles. The quantitative estimate of drug-likeness (QED) is 0.252. The van der Waals surface area contributed by atoms with E-state index >= 15 is 4.39 Å². The zero-order valence-electron chi connectivity index (χ0n) is 36.8. The van der Waals surface area contributed by atoms with Crippen LogP contribution < -0.4 is 5.73 Å². The van der Waals surface area contributed by atoms with Crippen LogP contribution in [0.3, 0.4) is 0 Å². The highest BCUT2D eigenvalue weighted by Crippen LogP contribution is 2.44. The molecular formula is C44H66FN5O9. The fourth-order valence-corrected chi connectivity index (χ4v) is 9.31. The van der Waals surface area contributed by atoms with Crippen molar-refractivity contribution in [2.45, 2.75) is 141 Å². The molecule has 3 aliphatic rings. The molecule has 3 N–H and O–H groups in total. The van der Waals surface area contributed by atoms with E-state index in [2.05, 4.69) is 4.98 Å². The van der Waals surface area contributed by atoms with E-state index in [1.54, 1.807) is 32.1 Å². The summed E-state index contributed by atoms with van der Waals surface area (Å²) in [6, 6.07) is 7.92. The number of cyclic esters (lactones) is 1. The van der Waals surface area contributed by atoms with Crippen LogP contribution in [-0.2, 0) is 33.3 Å². The molecule has 0 saturated carbocycles. The van der Waals surface area contributed by atoms with E-state index in [-0.39, 0.29) is 31.1 Å². The van der Waals surface area contributed by atoms with Gasteiger partial charge in [-0.2, -0.15) is 0 Å². The number of aliphatic hydroxyl groups is 1. The molecule has 2 aromatic rings. The lowest BCUT2D eigenvalue weighted by atomic mass is 9.72. The van der Waals surface area contributed by atoms with Crippen LogP contribution >= 0.6 is 0 Å². The number of nitrogens with zero attached hydrogens (tertiary/aromatic N) is 4. The van der Waals surface area contributed by atoms with Crippen LogP contribution in [0.5, 0.6) is 0 Å². The van der Waals surface area contributed by atoms with Crippen LogP contribution in [0.15, 0.2) is 42.6 Å². The Morgan fingerprint density at radius 2 is 1.75 bits per heavy atom. The van der Waals surface area contributed by atoms with Gasteiger partial charge in [0, 0.05) is 43.2 Å². The summed E-state index contributed by atoms with van der Waals surface area (Å²) < 4.78 is 48.6. The Labute approximate surface area is 348 Å². The van der Waals surface area contributed by atoms with E-state index < -0.39 is 83.2 Å². The Morgan fingerprint density at radius 1 is 1.07 bits per heavy atom. The summed E-state index contributed by atoms with van der Waals surface area (Å²) in [5.74, 6) is -4.76. The normalized spacial score (nSPS) is 39.1. The summed E-state index contributed by atoms with van der Waals surface area (Å²) in [7, 11) is 5.44. The third-order valence-electron chi connectivity index (χ3n) is 13.1. The molecule has 5 rings (SSSR count). The first-order valence-electron chi connectivity index (χ1n) is 20.8. The van der Waals surface area contributed by atoms with Crippen LogP contribution in [0.4, 0.5) is 9.18 Å². The molecule has 14 nitrogen and oxygen atoms in total. The first-order chi connectivity index (χ1) is 27.6. The monoisotopic (exact) mass is 827 g/mol. The minimum atomic E-state index is -3.17. The summed E-state index contributed by atoms with van der Waals surface area (Å²) in [6.07, 6.45) is 0.313. The third kappa shape index (κ3) is 9.21. The number of aliphatic hydroxyl groups excluding tert-OH is 1. The van der Waals surface area contributed by atoms with E-state index in [0.29, 0.717) is 13.0 Å². The maximum atomic E-state index is 17.0. The van der Waals surface area contributed by atoms with Crippen molar-refractivity contribution in [3.05, 3.63) is 48.2 Å². The summed E-state index contributed by atoms with van der Waals surface area (Å²) >= 11 is 0. The predicted octanol–water partition coefficient (Wildman–Crippen LogP) is 5.15. The van der Waals surface area contributed by atoms with Gasteiger partial charge in [0.15, 0.2) is 17.7 Å². The Hall–Kier alpha value is -3.57. The number of hydrazine groups is 1. The molecule has 1 aromatic carbocycles. The smallest absolute Gasteiger partial charge is 0.425 e. The van der Waals surface area contributed by atoms with Crippen molar-refractivity contribution in [3.63, 3.8) is 0 Å². The number of hydrogen-bond donors (Lipinski definition) is 2. The number of carbonyl (C=O) groups excluding carboxylic acids is 3. The molecule has 0 radical (unpaired) electrons. The first-order valence-corrected chi connectivity index (χ1v) is 20.8. The van der Waals surface area contributed by atoms with Crippen molar-refractivity contribution in [3.8, 4) is 0 Å². The largest absolute Gasteiger partial charge is 0.456 e. The van der Waals surface area contributed by atoms with Crippen molar-refractivity contribution in [2.75, 3.05) is 34.3 Å². The second-order valence-electron chi connectivity index (χ2n) is 17.7. The van der Waals surface area contributed by atoms with Crippen LogP contribution in [0.1, 0.15) is 80.7 Å². The van der Waals surface area contributed by atoms with Crippen molar-refractivity contribution in [2.24, 2.45) is 23.5 Å². The van der Waals surface area contributed by atoms with Crippen molar-refractivity contribution >= 4 is 34.8 Å². The number of benzene rings is 1. The minimum Gasteiger partial charge on any atom is -0.456 e. The number of halogens is 1. The SMILES string of the molecule is CCN(C)N1C(=O)O[C@]2(C)[C@H](C)OC(=O)C(C)(F)C(=O)[C@H](C)[C@@H](O[C@@H]3O[C@H](C)C[C@H](N(C)C)[C@H]3O)[C@@](C)(OC/C=C/c3ccnc4ccccc34)C[C@@H](C)C(N)[C@@H](C)[C@@H]12. The number of Topliss-reactive ketones (excluding diaryl/α,β-unsaturated/α-hetero) is 1. The Morgan fingerprint density at radius 3 is 2.41 bits per heavy atom. The Kier molecular flexibility index (Phi) is 14.3. The van der Waals surface area contributed by atoms with E-state index in [1.165, 1.54) is 18.9 Å². The molecule has 1 amide bonds. The summed E-state index contributed by atoms with van der Waals surface area (Å²) in [4.78, 5) is 48.4. The molecule has 59 heavy (non-hydrogen) atoms. The molecule has 4 heterocycles. The highest BCUT2D eigenvalue weighted by molar-refractivity contribution is 6.07.